The van der Waals surface area contributed by atoms with E-state index in [2.05, 4.69) is 4.90 Å². The zero-order valence-corrected chi connectivity index (χ0v) is 11.2. The molecule has 0 amide bonds. The molecule has 2 heterocycles. The van der Waals surface area contributed by atoms with Crippen molar-refractivity contribution in [1.29, 1.82) is 0 Å². The van der Waals surface area contributed by atoms with Crippen LogP contribution in [0.15, 0.2) is 34.7 Å². The number of hydrogen-bond donors (Lipinski definition) is 0. The second kappa shape index (κ2) is 5.17. The van der Waals surface area contributed by atoms with E-state index in [1.807, 2.05) is 18.2 Å². The molecule has 100 valence electrons. The van der Waals surface area contributed by atoms with Crippen molar-refractivity contribution >= 4 is 0 Å². The summed E-state index contributed by atoms with van der Waals surface area (Å²) < 4.78 is 19.4. The van der Waals surface area contributed by atoms with E-state index in [9.17, 15) is 4.39 Å². The lowest BCUT2D eigenvalue weighted by atomic mass is 10.1. The van der Waals surface area contributed by atoms with Crippen molar-refractivity contribution in [3.05, 3.63) is 47.5 Å². The van der Waals surface area contributed by atoms with E-state index in [-0.39, 0.29) is 5.82 Å². The number of rotatable bonds is 3. The summed E-state index contributed by atoms with van der Waals surface area (Å²) in [7, 11) is 0. The Bertz CT molecular complexity index is 570. The van der Waals surface area contributed by atoms with Gasteiger partial charge in [0.25, 0.3) is 0 Å². The maximum Gasteiger partial charge on any atom is 0.134 e. The van der Waals surface area contributed by atoms with Crippen LogP contribution in [0.25, 0.3) is 11.3 Å². The van der Waals surface area contributed by atoms with Gasteiger partial charge in [0.05, 0.1) is 6.54 Å². The Kier molecular flexibility index (Phi) is 3.38. The average molecular weight is 259 g/mol. The highest BCUT2D eigenvalue weighted by Crippen LogP contribution is 2.27. The highest BCUT2D eigenvalue weighted by molar-refractivity contribution is 5.62. The Balaban J connectivity index is 1.82. The molecule has 19 heavy (non-hydrogen) atoms. The summed E-state index contributed by atoms with van der Waals surface area (Å²) in [6.45, 7) is 4.94. The summed E-state index contributed by atoms with van der Waals surface area (Å²) >= 11 is 0. The molecule has 0 spiro atoms. The molecule has 1 aliphatic rings. The Morgan fingerprint density at radius 2 is 1.95 bits per heavy atom. The highest BCUT2D eigenvalue weighted by atomic mass is 19.1. The van der Waals surface area contributed by atoms with E-state index < -0.39 is 0 Å². The second-order valence-electron chi connectivity index (χ2n) is 5.16. The maximum absolute atomic E-state index is 13.5. The molecule has 1 saturated heterocycles. The Hall–Kier alpha value is -1.61. The molecule has 0 bridgehead atoms. The standard InChI is InChI=1S/C16H18FNO/c1-12-14(5-4-6-15(12)17)16-8-7-13(19-16)11-18-9-2-3-10-18/h4-8H,2-3,9-11H2,1H3. The lowest BCUT2D eigenvalue weighted by molar-refractivity contribution is 0.299. The van der Waals surface area contributed by atoms with Gasteiger partial charge in [0.15, 0.2) is 0 Å². The molecule has 2 aromatic rings. The summed E-state index contributed by atoms with van der Waals surface area (Å²) in [5, 5.41) is 0. The van der Waals surface area contributed by atoms with E-state index >= 15 is 0 Å². The van der Waals surface area contributed by atoms with Crippen molar-refractivity contribution in [2.75, 3.05) is 13.1 Å². The topological polar surface area (TPSA) is 16.4 Å². The lowest BCUT2D eigenvalue weighted by Crippen LogP contribution is -2.17. The van der Waals surface area contributed by atoms with E-state index in [0.717, 1.165) is 36.7 Å². The number of furan rings is 1. The molecule has 1 fully saturated rings. The molecular weight excluding hydrogens is 241 g/mol. The first-order valence-electron chi connectivity index (χ1n) is 6.80. The van der Waals surface area contributed by atoms with E-state index in [4.69, 9.17) is 4.42 Å². The molecule has 0 N–H and O–H groups in total. The Morgan fingerprint density at radius 3 is 2.74 bits per heavy atom. The monoisotopic (exact) mass is 259 g/mol. The fourth-order valence-electron chi connectivity index (χ4n) is 2.64. The van der Waals surface area contributed by atoms with Crippen LogP contribution in [0, 0.1) is 12.7 Å². The van der Waals surface area contributed by atoms with Crippen LogP contribution in [-0.4, -0.2) is 18.0 Å². The molecule has 0 unspecified atom stereocenters. The minimum atomic E-state index is -0.185. The van der Waals surface area contributed by atoms with Crippen LogP contribution in [-0.2, 0) is 6.54 Å². The van der Waals surface area contributed by atoms with Gasteiger partial charge < -0.3 is 4.42 Å². The zero-order valence-electron chi connectivity index (χ0n) is 11.2. The third kappa shape index (κ3) is 2.56. The van der Waals surface area contributed by atoms with Gasteiger partial charge in [-0.05, 0) is 56.6 Å². The molecular formula is C16H18FNO. The van der Waals surface area contributed by atoms with Crippen molar-refractivity contribution in [1.82, 2.24) is 4.90 Å². The summed E-state index contributed by atoms with van der Waals surface area (Å²) in [6, 6.07) is 9.04. The van der Waals surface area contributed by atoms with Crippen molar-refractivity contribution in [3.63, 3.8) is 0 Å². The van der Waals surface area contributed by atoms with E-state index in [0.29, 0.717) is 5.56 Å². The van der Waals surface area contributed by atoms with Crippen LogP contribution in [0.5, 0.6) is 0 Å². The van der Waals surface area contributed by atoms with Gasteiger partial charge in [0.2, 0.25) is 0 Å². The quantitative estimate of drug-likeness (QED) is 0.828. The van der Waals surface area contributed by atoms with Gasteiger partial charge in [0.1, 0.15) is 17.3 Å². The maximum atomic E-state index is 13.5. The van der Waals surface area contributed by atoms with Gasteiger partial charge in [-0.25, -0.2) is 4.39 Å². The van der Waals surface area contributed by atoms with Crippen LogP contribution in [0.2, 0.25) is 0 Å². The van der Waals surface area contributed by atoms with Crippen LogP contribution in [0.3, 0.4) is 0 Å². The Morgan fingerprint density at radius 1 is 1.16 bits per heavy atom. The molecule has 0 radical (unpaired) electrons. The normalized spacial score (nSPS) is 16.1. The minimum absolute atomic E-state index is 0.185. The van der Waals surface area contributed by atoms with Crippen LogP contribution in [0.4, 0.5) is 4.39 Å². The SMILES string of the molecule is Cc1c(F)cccc1-c1ccc(CN2CCCC2)o1. The van der Waals surface area contributed by atoms with Crippen LogP contribution < -0.4 is 0 Å². The largest absolute Gasteiger partial charge is 0.460 e. The summed E-state index contributed by atoms with van der Waals surface area (Å²) in [6.07, 6.45) is 2.55. The first-order chi connectivity index (χ1) is 9.24. The Labute approximate surface area is 112 Å². The highest BCUT2D eigenvalue weighted by Gasteiger charge is 2.15. The summed E-state index contributed by atoms with van der Waals surface area (Å²) in [5.74, 6) is 1.53. The number of likely N-dealkylation sites (tertiary alicyclic amines) is 1. The third-order valence-electron chi connectivity index (χ3n) is 3.77. The fourth-order valence-corrected chi connectivity index (χ4v) is 2.64. The molecule has 2 nitrogen and oxygen atoms in total. The van der Waals surface area contributed by atoms with Gasteiger partial charge >= 0.3 is 0 Å². The molecule has 1 aliphatic heterocycles. The smallest absolute Gasteiger partial charge is 0.134 e. The zero-order chi connectivity index (χ0) is 13.2. The molecule has 1 aromatic heterocycles. The van der Waals surface area contributed by atoms with Crippen molar-refractivity contribution in [2.45, 2.75) is 26.3 Å². The van der Waals surface area contributed by atoms with Crippen molar-refractivity contribution < 1.29 is 8.81 Å². The van der Waals surface area contributed by atoms with Crippen molar-refractivity contribution in [2.24, 2.45) is 0 Å². The number of hydrogen-bond acceptors (Lipinski definition) is 2. The number of halogens is 1. The molecule has 0 atom stereocenters. The predicted molar refractivity (Wildman–Crippen MR) is 73.4 cm³/mol. The molecule has 3 rings (SSSR count). The fraction of sp³-hybridized carbons (Fsp3) is 0.375. The van der Waals surface area contributed by atoms with E-state index in [1.54, 1.807) is 13.0 Å². The molecule has 1 aromatic carbocycles. The first-order valence-corrected chi connectivity index (χ1v) is 6.80. The minimum Gasteiger partial charge on any atom is -0.460 e. The number of nitrogens with zero attached hydrogens (tertiary/aromatic N) is 1. The number of benzene rings is 1. The molecule has 3 heteroatoms. The third-order valence-corrected chi connectivity index (χ3v) is 3.77. The van der Waals surface area contributed by atoms with Crippen LogP contribution in [0.1, 0.15) is 24.2 Å². The van der Waals surface area contributed by atoms with Gasteiger partial charge in [-0.2, -0.15) is 0 Å². The van der Waals surface area contributed by atoms with Gasteiger partial charge in [0, 0.05) is 5.56 Å². The predicted octanol–water partition coefficient (Wildman–Crippen LogP) is 3.99. The molecule has 0 saturated carbocycles. The van der Waals surface area contributed by atoms with Crippen molar-refractivity contribution in [3.8, 4) is 11.3 Å². The average Bonchev–Trinajstić information content (AvgIpc) is 3.05. The van der Waals surface area contributed by atoms with E-state index in [1.165, 1.54) is 18.9 Å². The molecule has 0 aliphatic carbocycles. The van der Waals surface area contributed by atoms with Gasteiger partial charge in [-0.15, -0.1) is 0 Å². The first kappa shape index (κ1) is 12.4. The summed E-state index contributed by atoms with van der Waals surface area (Å²) in [5.41, 5.74) is 1.48. The van der Waals surface area contributed by atoms with Gasteiger partial charge in [-0.1, -0.05) is 12.1 Å². The van der Waals surface area contributed by atoms with Gasteiger partial charge in [-0.3, -0.25) is 4.90 Å². The van der Waals surface area contributed by atoms with Crippen LogP contribution >= 0.6 is 0 Å². The lowest BCUT2D eigenvalue weighted by Gasteiger charge is -2.11. The summed E-state index contributed by atoms with van der Waals surface area (Å²) in [4.78, 5) is 2.39. The second-order valence-corrected chi connectivity index (χ2v) is 5.16.